The van der Waals surface area contributed by atoms with Crippen molar-refractivity contribution in [3.8, 4) is 0 Å². The molecule has 0 heterocycles. The maximum atomic E-state index is 13.6. The second kappa shape index (κ2) is 10.4. The van der Waals surface area contributed by atoms with Crippen LogP contribution in [0.15, 0.2) is 71.6 Å². The molecular weight excluding hydrogens is 442 g/mol. The van der Waals surface area contributed by atoms with Crippen molar-refractivity contribution in [2.75, 3.05) is 7.05 Å². The zero-order valence-corrected chi connectivity index (χ0v) is 18.1. The highest BCUT2D eigenvalue weighted by atomic mass is 35.5. The van der Waals surface area contributed by atoms with E-state index in [-0.39, 0.29) is 5.56 Å². The molecule has 0 aliphatic rings. The van der Waals surface area contributed by atoms with E-state index in [0.717, 1.165) is 22.6 Å². The molecule has 2 amide bonds. The summed E-state index contributed by atoms with van der Waals surface area (Å²) < 4.78 is 26.8. The van der Waals surface area contributed by atoms with Gasteiger partial charge in [0, 0.05) is 28.3 Å². The van der Waals surface area contributed by atoms with Crippen LogP contribution in [0.5, 0.6) is 0 Å². The first kappa shape index (κ1) is 22.8. The molecular formula is C23H19ClF2N2O2S. The molecule has 31 heavy (non-hydrogen) atoms. The Labute approximate surface area is 188 Å². The molecule has 3 aromatic rings. The predicted octanol–water partition coefficient (Wildman–Crippen LogP) is 5.13. The van der Waals surface area contributed by atoms with Gasteiger partial charge in [-0.1, -0.05) is 29.8 Å². The lowest BCUT2D eigenvalue weighted by Crippen LogP contribution is -2.39. The van der Waals surface area contributed by atoms with E-state index in [2.05, 4.69) is 10.6 Å². The van der Waals surface area contributed by atoms with Crippen LogP contribution in [0.25, 0.3) is 0 Å². The number of carbonyl (C=O) groups is 2. The molecule has 1 atom stereocenters. The molecule has 4 nitrogen and oxygen atoms in total. The van der Waals surface area contributed by atoms with Crippen molar-refractivity contribution in [1.82, 2.24) is 10.6 Å². The summed E-state index contributed by atoms with van der Waals surface area (Å²) in [6, 6.07) is 16.4. The maximum absolute atomic E-state index is 13.6. The van der Waals surface area contributed by atoms with E-state index in [1.165, 1.54) is 13.1 Å². The lowest BCUT2D eigenvalue weighted by atomic mass is 10.0. The SMILES string of the molecule is CNC(=O)C(NC(=O)c1ccc(CSc2ccc(Cl)cc2)cc1)c1ccc(F)c(F)c1. The van der Waals surface area contributed by atoms with Gasteiger partial charge in [-0.2, -0.15) is 0 Å². The number of benzene rings is 3. The first-order valence-corrected chi connectivity index (χ1v) is 10.7. The first-order valence-electron chi connectivity index (χ1n) is 9.32. The monoisotopic (exact) mass is 460 g/mol. The molecule has 3 aromatic carbocycles. The minimum atomic E-state index is -1.16. The van der Waals surface area contributed by atoms with Gasteiger partial charge >= 0.3 is 0 Å². The number of hydrogen-bond donors (Lipinski definition) is 2. The number of halogens is 3. The molecule has 8 heteroatoms. The summed E-state index contributed by atoms with van der Waals surface area (Å²) in [5.41, 5.74) is 1.50. The molecule has 0 aliphatic carbocycles. The van der Waals surface area contributed by atoms with E-state index in [1.54, 1.807) is 23.9 Å². The summed E-state index contributed by atoms with van der Waals surface area (Å²) in [5.74, 6) is -2.47. The van der Waals surface area contributed by atoms with E-state index in [0.29, 0.717) is 16.3 Å². The van der Waals surface area contributed by atoms with Gasteiger partial charge in [0.2, 0.25) is 5.91 Å². The average Bonchev–Trinajstić information content (AvgIpc) is 2.78. The zero-order chi connectivity index (χ0) is 22.4. The molecule has 0 bridgehead atoms. The van der Waals surface area contributed by atoms with Crippen LogP contribution < -0.4 is 10.6 Å². The Kier molecular flexibility index (Phi) is 7.65. The molecule has 0 saturated heterocycles. The zero-order valence-electron chi connectivity index (χ0n) is 16.5. The van der Waals surface area contributed by atoms with Crippen molar-refractivity contribution in [3.63, 3.8) is 0 Å². The Hall–Kier alpha value is -2.90. The fourth-order valence-corrected chi connectivity index (χ4v) is 3.78. The van der Waals surface area contributed by atoms with Crippen molar-refractivity contribution in [2.45, 2.75) is 16.7 Å². The third kappa shape index (κ3) is 6.06. The molecule has 0 fully saturated rings. The Morgan fingerprint density at radius 3 is 2.26 bits per heavy atom. The highest BCUT2D eigenvalue weighted by molar-refractivity contribution is 7.98. The van der Waals surface area contributed by atoms with Crippen molar-refractivity contribution in [2.24, 2.45) is 0 Å². The number of nitrogens with one attached hydrogen (secondary N) is 2. The van der Waals surface area contributed by atoms with Crippen molar-refractivity contribution >= 4 is 35.2 Å². The summed E-state index contributed by atoms with van der Waals surface area (Å²) in [6.07, 6.45) is 0. The van der Waals surface area contributed by atoms with E-state index in [4.69, 9.17) is 11.6 Å². The molecule has 3 rings (SSSR count). The standard InChI is InChI=1S/C23H19ClF2N2O2S/c1-27-23(30)21(16-6-11-19(25)20(26)12-16)28-22(29)15-4-2-14(3-5-15)13-31-18-9-7-17(24)8-10-18/h2-12,21H,13H2,1H3,(H,27,30)(H,28,29). The third-order valence-corrected chi connectivity index (χ3v) is 5.83. The highest BCUT2D eigenvalue weighted by Gasteiger charge is 2.23. The number of likely N-dealkylation sites (N-methyl/N-ethyl adjacent to an activating group) is 1. The molecule has 160 valence electrons. The fraction of sp³-hybridized carbons (Fsp3) is 0.130. The minimum absolute atomic E-state index is 0.141. The smallest absolute Gasteiger partial charge is 0.252 e. The van der Waals surface area contributed by atoms with Crippen LogP contribution in [0.2, 0.25) is 5.02 Å². The van der Waals surface area contributed by atoms with Crippen LogP contribution in [0.3, 0.4) is 0 Å². The van der Waals surface area contributed by atoms with Crippen molar-refractivity contribution in [1.29, 1.82) is 0 Å². The quantitative estimate of drug-likeness (QED) is 0.481. The Balaban J connectivity index is 1.68. The number of carbonyl (C=O) groups excluding carboxylic acids is 2. The van der Waals surface area contributed by atoms with Gasteiger partial charge in [-0.15, -0.1) is 11.8 Å². The van der Waals surface area contributed by atoms with Crippen LogP contribution in [0.1, 0.15) is 27.5 Å². The van der Waals surface area contributed by atoms with Crippen LogP contribution in [0.4, 0.5) is 8.78 Å². The van der Waals surface area contributed by atoms with Crippen molar-refractivity contribution < 1.29 is 18.4 Å². The molecule has 0 aliphatic heterocycles. The van der Waals surface area contributed by atoms with Gasteiger partial charge in [-0.05, 0) is 59.7 Å². The van der Waals surface area contributed by atoms with Crippen LogP contribution >= 0.6 is 23.4 Å². The molecule has 0 radical (unpaired) electrons. The van der Waals surface area contributed by atoms with Gasteiger partial charge in [-0.3, -0.25) is 9.59 Å². The normalized spacial score (nSPS) is 11.6. The minimum Gasteiger partial charge on any atom is -0.357 e. The van der Waals surface area contributed by atoms with Crippen LogP contribution in [0, 0.1) is 11.6 Å². The Bertz CT molecular complexity index is 1080. The fourth-order valence-electron chi connectivity index (χ4n) is 2.80. The largest absolute Gasteiger partial charge is 0.357 e. The maximum Gasteiger partial charge on any atom is 0.252 e. The van der Waals surface area contributed by atoms with Gasteiger partial charge in [0.1, 0.15) is 6.04 Å². The summed E-state index contributed by atoms with van der Waals surface area (Å²) in [5, 5.41) is 5.67. The van der Waals surface area contributed by atoms with Gasteiger partial charge in [0.25, 0.3) is 5.91 Å². The number of hydrogen-bond acceptors (Lipinski definition) is 3. The van der Waals surface area contributed by atoms with Gasteiger partial charge in [0.05, 0.1) is 0 Å². The second-order valence-corrected chi connectivity index (χ2v) is 8.12. The average molecular weight is 461 g/mol. The molecule has 2 N–H and O–H groups in total. The molecule has 0 saturated carbocycles. The van der Waals surface area contributed by atoms with E-state index < -0.39 is 29.5 Å². The number of amides is 2. The van der Waals surface area contributed by atoms with E-state index in [9.17, 15) is 18.4 Å². The van der Waals surface area contributed by atoms with E-state index >= 15 is 0 Å². The van der Waals surface area contributed by atoms with Gasteiger partial charge in [0.15, 0.2) is 11.6 Å². The summed E-state index contributed by atoms with van der Waals surface area (Å²) in [6.45, 7) is 0. The third-order valence-electron chi connectivity index (χ3n) is 4.50. The summed E-state index contributed by atoms with van der Waals surface area (Å²) in [7, 11) is 1.40. The molecule has 0 aromatic heterocycles. The number of thioether (sulfide) groups is 1. The lowest BCUT2D eigenvalue weighted by Gasteiger charge is -2.18. The number of rotatable bonds is 7. The first-order chi connectivity index (χ1) is 14.9. The van der Waals surface area contributed by atoms with Crippen molar-refractivity contribution in [3.05, 3.63) is 100 Å². The highest BCUT2D eigenvalue weighted by Crippen LogP contribution is 2.24. The van der Waals surface area contributed by atoms with Gasteiger partial charge < -0.3 is 10.6 Å². The van der Waals surface area contributed by atoms with Crippen LogP contribution in [-0.4, -0.2) is 18.9 Å². The lowest BCUT2D eigenvalue weighted by molar-refractivity contribution is -0.122. The Morgan fingerprint density at radius 2 is 1.65 bits per heavy atom. The molecule has 1 unspecified atom stereocenters. The van der Waals surface area contributed by atoms with E-state index in [1.807, 2.05) is 36.4 Å². The van der Waals surface area contributed by atoms with Crippen LogP contribution in [-0.2, 0) is 10.5 Å². The van der Waals surface area contributed by atoms with Gasteiger partial charge in [-0.25, -0.2) is 8.78 Å². The predicted molar refractivity (Wildman–Crippen MR) is 118 cm³/mol. The second-order valence-electron chi connectivity index (χ2n) is 6.63. The topological polar surface area (TPSA) is 58.2 Å². The Morgan fingerprint density at radius 1 is 0.968 bits per heavy atom. The molecule has 0 spiro atoms. The summed E-state index contributed by atoms with van der Waals surface area (Å²) in [4.78, 5) is 25.9. The summed E-state index contributed by atoms with van der Waals surface area (Å²) >= 11 is 7.52.